The monoisotopic (exact) mass is 620 g/mol. The van der Waals surface area contributed by atoms with Crippen LogP contribution in [0.3, 0.4) is 0 Å². The van der Waals surface area contributed by atoms with E-state index < -0.39 is 30.4 Å². The molecule has 0 saturated heterocycles. The van der Waals surface area contributed by atoms with E-state index in [1.165, 1.54) is 0 Å². The molecular formula is C25H38N3O9PS2. The van der Waals surface area contributed by atoms with Gasteiger partial charge in [-0.15, -0.1) is 10.2 Å². The lowest BCUT2D eigenvalue weighted by Crippen LogP contribution is -2.22. The first-order chi connectivity index (χ1) is 19.7. The number of Topliss-reactive ketones (excluding diaryl/α,β-unsaturated/α-hetero) is 1. The molecule has 0 aliphatic carbocycles. The minimum Gasteiger partial charge on any atom is -0.421 e. The van der Waals surface area contributed by atoms with E-state index in [9.17, 15) is 9.59 Å². The SMILES string of the molecule is CCCCOCCOCCOCCCCCCC(=O)C(=O)Nc1ccc(-c2nnc(C)o2)cc1.O=S=O.[2H]P(=O)=S. The van der Waals surface area contributed by atoms with Crippen molar-refractivity contribution < 1.29 is 41.2 Å². The van der Waals surface area contributed by atoms with Gasteiger partial charge in [0.2, 0.25) is 17.6 Å². The molecule has 1 aromatic carbocycles. The number of nitrogens with one attached hydrogen (secondary N) is 1. The number of carbonyl (C=O) groups is 2. The second-order valence-electron chi connectivity index (χ2n) is 8.08. The van der Waals surface area contributed by atoms with Crippen LogP contribution in [0.4, 0.5) is 5.69 Å². The molecule has 1 N–H and O–H groups in total. The van der Waals surface area contributed by atoms with Crippen molar-refractivity contribution in [3.05, 3.63) is 30.2 Å². The van der Waals surface area contributed by atoms with E-state index in [0.717, 1.165) is 44.3 Å². The summed E-state index contributed by atoms with van der Waals surface area (Å²) in [6, 6.07) is 6.91. The molecule has 2 rings (SSSR count). The van der Waals surface area contributed by atoms with Gasteiger partial charge in [0, 0.05) is 37.8 Å². The third-order valence-electron chi connectivity index (χ3n) is 5.00. The standard InChI is InChI=1S/C25H37N3O6.O2S.HOPS/c1-3-4-14-31-16-18-33-19-17-32-15-8-6-5-7-9-23(29)24(30)26-22-12-10-21(11-13-22)25-28-27-20(2)34-25;1-3-2;1-2-3/h10-13H,3-9,14-19H2,1-2H3,(H,26,30);;2H/i;;2D. The van der Waals surface area contributed by atoms with E-state index in [1.807, 2.05) is 0 Å². The number of aromatic nitrogens is 2. The van der Waals surface area contributed by atoms with Crippen LogP contribution < -0.4 is 5.32 Å². The molecule has 1 atom stereocenters. The second-order valence-corrected chi connectivity index (χ2v) is 8.81. The van der Waals surface area contributed by atoms with Crippen molar-refractivity contribution in [2.45, 2.75) is 58.8 Å². The van der Waals surface area contributed by atoms with E-state index in [2.05, 4.69) is 34.2 Å². The van der Waals surface area contributed by atoms with E-state index in [1.54, 1.807) is 31.2 Å². The smallest absolute Gasteiger partial charge is 0.335 e. The Morgan fingerprint density at radius 1 is 0.950 bits per heavy atom. The van der Waals surface area contributed by atoms with E-state index in [0.29, 0.717) is 56.9 Å². The zero-order chi connectivity index (χ0) is 30.7. The van der Waals surface area contributed by atoms with Gasteiger partial charge in [-0.2, -0.15) is 8.42 Å². The zero-order valence-corrected chi connectivity index (χ0v) is 25.4. The molecule has 0 saturated carbocycles. The minimum absolute atomic E-state index is 0.236. The molecule has 12 nitrogen and oxygen atoms in total. The third kappa shape index (κ3) is 20.4. The first-order valence-corrected chi connectivity index (χ1v) is 15.3. The van der Waals surface area contributed by atoms with Gasteiger partial charge in [0.1, 0.15) is 1.28 Å². The van der Waals surface area contributed by atoms with Crippen molar-refractivity contribution in [3.8, 4) is 11.5 Å². The van der Waals surface area contributed by atoms with Crippen LogP contribution in [0.15, 0.2) is 28.7 Å². The predicted octanol–water partition coefficient (Wildman–Crippen LogP) is 4.16. The summed E-state index contributed by atoms with van der Waals surface area (Å²) < 4.78 is 53.3. The van der Waals surface area contributed by atoms with E-state index in [4.69, 9.17) is 32.9 Å². The second kappa shape index (κ2) is 26.7. The third-order valence-corrected chi connectivity index (χ3v) is 5.00. The summed E-state index contributed by atoms with van der Waals surface area (Å²) in [6.45, 7) is 7.69. The minimum atomic E-state index is -2.04. The first-order valence-electron chi connectivity index (χ1n) is 13.2. The lowest BCUT2D eigenvalue weighted by molar-refractivity contribution is -0.134. The van der Waals surface area contributed by atoms with Crippen LogP contribution in [0, 0.1) is 6.92 Å². The van der Waals surface area contributed by atoms with Gasteiger partial charge in [0.25, 0.3) is 5.91 Å². The van der Waals surface area contributed by atoms with Crippen LogP contribution in [0.1, 0.15) is 57.8 Å². The Morgan fingerprint density at radius 3 is 2.00 bits per heavy atom. The average molecular weight is 621 g/mol. The number of benzene rings is 1. The molecule has 1 amide bonds. The number of carbonyl (C=O) groups excluding carboxylic acids is 2. The van der Waals surface area contributed by atoms with Crippen molar-refractivity contribution in [2.24, 2.45) is 0 Å². The quantitative estimate of drug-likeness (QED) is 0.136. The van der Waals surface area contributed by atoms with Crippen molar-refractivity contribution in [1.29, 1.82) is 1.28 Å². The Hall–Kier alpha value is -2.48. The molecule has 0 aliphatic heterocycles. The molecular weight excluding hydrogens is 581 g/mol. The van der Waals surface area contributed by atoms with Crippen LogP contribution in [0.25, 0.3) is 11.5 Å². The predicted molar refractivity (Wildman–Crippen MR) is 154 cm³/mol. The molecule has 2 aromatic rings. The summed E-state index contributed by atoms with van der Waals surface area (Å²) in [7, 11) is -2.04. The highest BCUT2D eigenvalue weighted by Gasteiger charge is 2.14. The van der Waals surface area contributed by atoms with E-state index >= 15 is 0 Å². The zero-order valence-electron chi connectivity index (χ0n) is 23.8. The van der Waals surface area contributed by atoms with Gasteiger partial charge in [-0.3, -0.25) is 14.2 Å². The number of ketones is 1. The maximum Gasteiger partial charge on any atom is 0.335 e. The Morgan fingerprint density at radius 2 is 1.48 bits per heavy atom. The number of aryl methyl sites for hydroxylation is 1. The normalized spacial score (nSPS) is 10.8. The molecule has 224 valence electrons. The average Bonchev–Trinajstić information content (AvgIpc) is 3.37. The van der Waals surface area contributed by atoms with Gasteiger partial charge in [-0.25, -0.2) is 0 Å². The molecule has 0 aliphatic rings. The Bertz CT molecular complexity index is 1090. The lowest BCUT2D eigenvalue weighted by atomic mass is 10.1. The number of hydrogen-bond acceptors (Lipinski definition) is 12. The fraction of sp³-hybridized carbons (Fsp3) is 0.600. The number of ether oxygens (including phenoxy) is 3. The molecule has 0 radical (unpaired) electrons. The summed E-state index contributed by atoms with van der Waals surface area (Å²) in [4.78, 5) is 24.2. The summed E-state index contributed by atoms with van der Waals surface area (Å²) in [6.07, 6.45) is 5.91. The molecule has 1 unspecified atom stereocenters. The number of rotatable bonds is 19. The maximum absolute atomic E-state index is 12.1. The number of unbranched alkanes of at least 4 members (excludes halogenated alkanes) is 4. The van der Waals surface area contributed by atoms with E-state index in [-0.39, 0.29) is 6.42 Å². The number of anilines is 1. The van der Waals surface area contributed by atoms with Crippen molar-refractivity contribution in [3.63, 3.8) is 0 Å². The largest absolute Gasteiger partial charge is 0.421 e. The topological polar surface area (TPSA) is 164 Å². The maximum atomic E-state index is 12.1. The van der Waals surface area contributed by atoms with Gasteiger partial charge < -0.3 is 23.9 Å². The summed E-state index contributed by atoms with van der Waals surface area (Å²) in [5.74, 6) is -0.118. The van der Waals surface area contributed by atoms with Gasteiger partial charge in [-0.1, -0.05) is 26.2 Å². The molecule has 1 aromatic heterocycles. The Kier molecular flexibility index (Phi) is 23.8. The molecule has 0 bridgehead atoms. The van der Waals surface area contributed by atoms with Gasteiger partial charge in [0.15, 0.2) is 7.18 Å². The van der Waals surface area contributed by atoms with Gasteiger partial charge >= 0.3 is 11.6 Å². The van der Waals surface area contributed by atoms with Crippen LogP contribution in [0.5, 0.6) is 0 Å². The Labute approximate surface area is 245 Å². The number of hydrogen-bond donors (Lipinski definition) is 1. The Balaban J connectivity index is 0.00000205. The van der Waals surface area contributed by atoms with Crippen LogP contribution in [0.2, 0.25) is 0 Å². The highest BCUT2D eigenvalue weighted by atomic mass is 32.4. The first kappa shape index (κ1) is 35.5. The van der Waals surface area contributed by atoms with Crippen molar-refractivity contribution >= 4 is 47.9 Å². The fourth-order valence-electron chi connectivity index (χ4n) is 3.06. The molecule has 1 heterocycles. The molecule has 15 heteroatoms. The van der Waals surface area contributed by atoms with Crippen LogP contribution >= 0.6 is 7.18 Å². The summed E-state index contributed by atoms with van der Waals surface area (Å²) >= 11 is 3.05. The fourth-order valence-corrected chi connectivity index (χ4v) is 3.06. The summed E-state index contributed by atoms with van der Waals surface area (Å²) in [5, 5.41) is 10.4. The van der Waals surface area contributed by atoms with Crippen molar-refractivity contribution in [2.75, 3.05) is 45.0 Å². The van der Waals surface area contributed by atoms with Gasteiger partial charge in [0.05, 0.1) is 26.4 Å². The summed E-state index contributed by atoms with van der Waals surface area (Å²) in [5.41, 5.74) is 1.29. The number of nitrogens with zero attached hydrogens (tertiary/aromatic N) is 2. The van der Waals surface area contributed by atoms with Crippen LogP contribution in [-0.2, 0) is 51.7 Å². The van der Waals surface area contributed by atoms with Gasteiger partial charge in [-0.05, 0) is 55.3 Å². The number of amides is 1. The van der Waals surface area contributed by atoms with Crippen LogP contribution in [-0.4, -0.2) is 71.2 Å². The molecule has 0 fully saturated rings. The lowest BCUT2D eigenvalue weighted by Gasteiger charge is -2.07. The highest BCUT2D eigenvalue weighted by molar-refractivity contribution is 7.91. The molecule has 0 spiro atoms. The van der Waals surface area contributed by atoms with Crippen molar-refractivity contribution in [1.82, 2.24) is 10.2 Å². The molecule has 40 heavy (non-hydrogen) atoms. The highest BCUT2D eigenvalue weighted by Crippen LogP contribution is 2.20.